The van der Waals surface area contributed by atoms with Crippen molar-refractivity contribution in [3.8, 4) is 5.75 Å². The summed E-state index contributed by atoms with van der Waals surface area (Å²) in [5.41, 5.74) is -0.734. The van der Waals surface area contributed by atoms with Gasteiger partial charge in [-0.1, -0.05) is 30.3 Å². The Morgan fingerprint density at radius 3 is 2.12 bits per heavy atom. The van der Waals surface area contributed by atoms with Crippen LogP contribution in [0.5, 0.6) is 5.75 Å². The fourth-order valence-corrected chi connectivity index (χ4v) is 2.57. The molecule has 0 N–H and O–H groups in total. The summed E-state index contributed by atoms with van der Waals surface area (Å²) in [4.78, 5) is 0. The third kappa shape index (κ3) is 3.41. The Kier molecular flexibility index (Phi) is 4.60. The molecule has 3 nitrogen and oxygen atoms in total. The summed E-state index contributed by atoms with van der Waals surface area (Å²) in [5.74, 6) is -1.55. The lowest BCUT2D eigenvalue weighted by Crippen LogP contribution is -2.41. The van der Waals surface area contributed by atoms with Crippen molar-refractivity contribution in [2.24, 2.45) is 0 Å². The molecule has 1 heterocycles. The Morgan fingerprint density at radius 2 is 1.52 bits per heavy atom. The molecule has 0 aromatic heterocycles. The smallest absolute Gasteiger partial charge is 0.486 e. The summed E-state index contributed by atoms with van der Waals surface area (Å²) in [6.07, 6.45) is 0. The highest BCUT2D eigenvalue weighted by Crippen LogP contribution is 2.37. The van der Waals surface area contributed by atoms with Crippen LogP contribution in [0.2, 0.25) is 0 Å². The molecule has 2 aromatic carbocycles. The van der Waals surface area contributed by atoms with E-state index in [4.69, 9.17) is 14.0 Å². The van der Waals surface area contributed by atoms with E-state index in [1.54, 1.807) is 0 Å². The van der Waals surface area contributed by atoms with Crippen LogP contribution in [0.25, 0.3) is 0 Å². The summed E-state index contributed by atoms with van der Waals surface area (Å²) in [5, 5.41) is 0. The molecule has 0 unspecified atom stereocenters. The molecule has 1 saturated heterocycles. The molecule has 132 valence electrons. The van der Waals surface area contributed by atoms with Crippen molar-refractivity contribution in [1.82, 2.24) is 0 Å². The van der Waals surface area contributed by atoms with Gasteiger partial charge in [0.05, 0.1) is 16.7 Å². The van der Waals surface area contributed by atoms with E-state index in [0.717, 1.165) is 5.56 Å². The van der Waals surface area contributed by atoms with Crippen molar-refractivity contribution in [3.63, 3.8) is 0 Å². The molecular weight excluding hydrogens is 325 g/mol. The van der Waals surface area contributed by atoms with Gasteiger partial charge in [-0.2, -0.15) is 0 Å². The minimum Gasteiger partial charge on any atom is -0.486 e. The van der Waals surface area contributed by atoms with Crippen molar-refractivity contribution in [2.45, 2.75) is 45.5 Å². The highest BCUT2D eigenvalue weighted by Gasteiger charge is 2.53. The van der Waals surface area contributed by atoms with Gasteiger partial charge in [-0.3, -0.25) is 0 Å². The Bertz CT molecular complexity index is 747. The largest absolute Gasteiger partial charge is 0.501 e. The molecule has 0 spiro atoms. The van der Waals surface area contributed by atoms with Gasteiger partial charge >= 0.3 is 7.12 Å². The number of rotatable bonds is 4. The summed E-state index contributed by atoms with van der Waals surface area (Å²) >= 11 is 0. The van der Waals surface area contributed by atoms with Crippen molar-refractivity contribution >= 4 is 12.6 Å². The second-order valence-electron chi connectivity index (χ2n) is 7.14. The first-order valence-electron chi connectivity index (χ1n) is 8.21. The molecule has 3 rings (SSSR count). The third-order valence-electron chi connectivity index (χ3n) is 4.82. The van der Waals surface area contributed by atoms with Crippen LogP contribution in [0.1, 0.15) is 33.3 Å². The first kappa shape index (κ1) is 17.9. The molecule has 0 saturated carbocycles. The summed E-state index contributed by atoms with van der Waals surface area (Å²) in [6, 6.07) is 11.8. The lowest BCUT2D eigenvalue weighted by molar-refractivity contribution is 0.00578. The lowest BCUT2D eigenvalue weighted by atomic mass is 9.78. The van der Waals surface area contributed by atoms with E-state index in [2.05, 4.69) is 0 Å². The maximum Gasteiger partial charge on any atom is 0.501 e. The van der Waals surface area contributed by atoms with Crippen LogP contribution in [0.15, 0.2) is 42.5 Å². The third-order valence-corrected chi connectivity index (χ3v) is 4.82. The molecule has 2 aromatic rings. The average molecular weight is 346 g/mol. The SMILES string of the molecule is CC1(C)OB(c2c(F)ccc(OCc3ccccc3)c2F)OC1(C)C. The number of benzene rings is 2. The zero-order chi connectivity index (χ0) is 18.2. The summed E-state index contributed by atoms with van der Waals surface area (Å²) < 4.78 is 46.2. The fraction of sp³-hybridized carbons (Fsp3) is 0.368. The monoisotopic (exact) mass is 346 g/mol. The number of ether oxygens (including phenoxy) is 1. The van der Waals surface area contributed by atoms with E-state index in [-0.39, 0.29) is 17.8 Å². The Morgan fingerprint density at radius 1 is 0.920 bits per heavy atom. The Labute approximate surface area is 147 Å². The van der Waals surface area contributed by atoms with E-state index in [1.807, 2.05) is 58.0 Å². The minimum absolute atomic E-state index is 0.0324. The van der Waals surface area contributed by atoms with Crippen LogP contribution in [0.4, 0.5) is 8.78 Å². The molecular formula is C19H21BF2O3. The van der Waals surface area contributed by atoms with Gasteiger partial charge in [0.15, 0.2) is 11.6 Å². The van der Waals surface area contributed by atoms with Crippen molar-refractivity contribution in [3.05, 3.63) is 59.7 Å². The normalized spacial score (nSPS) is 18.4. The molecule has 0 aliphatic carbocycles. The fourth-order valence-electron chi connectivity index (χ4n) is 2.57. The highest BCUT2D eigenvalue weighted by atomic mass is 19.1. The first-order chi connectivity index (χ1) is 11.7. The van der Waals surface area contributed by atoms with Gasteiger partial charge in [-0.15, -0.1) is 0 Å². The minimum atomic E-state index is -1.12. The topological polar surface area (TPSA) is 27.7 Å². The quantitative estimate of drug-likeness (QED) is 0.788. The van der Waals surface area contributed by atoms with Gasteiger partial charge in [0, 0.05) is 0 Å². The van der Waals surface area contributed by atoms with Gasteiger partial charge in [0.1, 0.15) is 12.4 Å². The predicted molar refractivity (Wildman–Crippen MR) is 92.8 cm³/mol. The van der Waals surface area contributed by atoms with Crippen LogP contribution < -0.4 is 10.2 Å². The second kappa shape index (κ2) is 6.43. The van der Waals surface area contributed by atoms with Gasteiger partial charge < -0.3 is 14.0 Å². The van der Waals surface area contributed by atoms with E-state index in [9.17, 15) is 8.78 Å². The molecule has 0 bridgehead atoms. The van der Waals surface area contributed by atoms with Crippen LogP contribution in [-0.2, 0) is 15.9 Å². The summed E-state index contributed by atoms with van der Waals surface area (Å²) in [7, 11) is -1.12. The van der Waals surface area contributed by atoms with Gasteiger partial charge in [-0.25, -0.2) is 8.78 Å². The number of hydrogen-bond acceptors (Lipinski definition) is 3. The van der Waals surface area contributed by atoms with E-state index >= 15 is 0 Å². The highest BCUT2D eigenvalue weighted by molar-refractivity contribution is 6.62. The molecule has 0 atom stereocenters. The molecule has 0 amide bonds. The standard InChI is InChI=1S/C19H21BF2O3/c1-18(2)19(3,4)25-20(24-18)16-14(21)10-11-15(17(16)22)23-12-13-8-6-5-7-9-13/h5-11H,12H2,1-4H3. The van der Waals surface area contributed by atoms with Crippen LogP contribution >= 0.6 is 0 Å². The van der Waals surface area contributed by atoms with Crippen molar-refractivity contribution < 1.29 is 22.8 Å². The zero-order valence-electron chi connectivity index (χ0n) is 14.8. The number of halogens is 2. The molecule has 1 fully saturated rings. The maximum atomic E-state index is 14.9. The molecule has 25 heavy (non-hydrogen) atoms. The van der Waals surface area contributed by atoms with E-state index in [1.165, 1.54) is 12.1 Å². The molecule has 1 aliphatic heterocycles. The summed E-state index contributed by atoms with van der Waals surface area (Å²) in [6.45, 7) is 7.51. The van der Waals surface area contributed by atoms with Crippen molar-refractivity contribution in [1.29, 1.82) is 0 Å². The zero-order valence-corrected chi connectivity index (χ0v) is 14.8. The first-order valence-corrected chi connectivity index (χ1v) is 8.21. The molecule has 0 radical (unpaired) electrons. The van der Waals surface area contributed by atoms with Gasteiger partial charge in [-0.05, 0) is 45.4 Å². The van der Waals surface area contributed by atoms with E-state index in [0.29, 0.717) is 0 Å². The van der Waals surface area contributed by atoms with Crippen molar-refractivity contribution in [2.75, 3.05) is 0 Å². The number of hydrogen-bond donors (Lipinski definition) is 0. The van der Waals surface area contributed by atoms with E-state index < -0.39 is 30.0 Å². The Balaban J connectivity index is 1.86. The van der Waals surface area contributed by atoms with Crippen LogP contribution in [-0.4, -0.2) is 18.3 Å². The van der Waals surface area contributed by atoms with Crippen LogP contribution in [0, 0.1) is 11.6 Å². The average Bonchev–Trinajstić information content (AvgIpc) is 2.75. The van der Waals surface area contributed by atoms with Gasteiger partial charge in [0.2, 0.25) is 0 Å². The predicted octanol–water partition coefficient (Wildman–Crippen LogP) is 3.84. The molecule has 1 aliphatic rings. The van der Waals surface area contributed by atoms with Crippen LogP contribution in [0.3, 0.4) is 0 Å². The lowest BCUT2D eigenvalue weighted by Gasteiger charge is -2.32. The van der Waals surface area contributed by atoms with Gasteiger partial charge in [0.25, 0.3) is 0 Å². The maximum absolute atomic E-state index is 14.9. The second-order valence-corrected chi connectivity index (χ2v) is 7.14. The Hall–Kier alpha value is -1.92. The molecule has 6 heteroatoms.